The summed E-state index contributed by atoms with van der Waals surface area (Å²) in [5.41, 5.74) is 2.98. The van der Waals surface area contributed by atoms with Crippen LogP contribution in [0.15, 0.2) is 24.3 Å². The number of benzene rings is 1. The Morgan fingerprint density at radius 1 is 1.15 bits per heavy atom. The summed E-state index contributed by atoms with van der Waals surface area (Å²) in [6.45, 7) is 9.68. The highest BCUT2D eigenvalue weighted by molar-refractivity contribution is 5.83. The molecule has 3 nitrogen and oxygen atoms in total. The van der Waals surface area contributed by atoms with Crippen LogP contribution in [0.5, 0.6) is 0 Å². The number of rotatable bonds is 2. The molecule has 0 aromatic heterocycles. The van der Waals surface area contributed by atoms with Crippen molar-refractivity contribution in [1.29, 1.82) is 0 Å². The Morgan fingerprint density at radius 3 is 2.35 bits per heavy atom. The van der Waals surface area contributed by atoms with Crippen LogP contribution in [0.2, 0.25) is 0 Å². The maximum absolute atomic E-state index is 12.5. The molecule has 1 aliphatic heterocycles. The van der Waals surface area contributed by atoms with Crippen LogP contribution in [0, 0.1) is 10.8 Å². The van der Waals surface area contributed by atoms with Gasteiger partial charge < -0.3 is 10.6 Å². The molecule has 1 fully saturated rings. The summed E-state index contributed by atoms with van der Waals surface area (Å²) in [4.78, 5) is 12.5. The lowest BCUT2D eigenvalue weighted by atomic mass is 9.95. The summed E-state index contributed by atoms with van der Waals surface area (Å²) >= 11 is 0. The monoisotopic (exact) mass is 272 g/mol. The van der Waals surface area contributed by atoms with Crippen molar-refractivity contribution in [3.8, 4) is 0 Å². The minimum atomic E-state index is -0.0999. The van der Waals surface area contributed by atoms with Crippen LogP contribution in [0.4, 0.5) is 0 Å². The molecule has 0 spiro atoms. The number of amides is 1. The lowest BCUT2D eigenvalue weighted by Crippen LogP contribution is -2.49. The first-order valence-electron chi connectivity index (χ1n) is 7.44. The van der Waals surface area contributed by atoms with Gasteiger partial charge in [0.2, 0.25) is 5.91 Å². The molecule has 0 unspecified atom stereocenters. The third-order valence-electron chi connectivity index (χ3n) is 5.71. The Labute approximate surface area is 121 Å². The van der Waals surface area contributed by atoms with Crippen molar-refractivity contribution in [2.75, 3.05) is 0 Å². The lowest BCUT2D eigenvalue weighted by Gasteiger charge is -2.25. The SMILES string of the molecule is CC1(C)C(NC(=O)[C@H]2Cc3ccccc3CN2)C1(C)C. The largest absolute Gasteiger partial charge is 0.351 e. The van der Waals surface area contributed by atoms with Crippen LogP contribution in [0.1, 0.15) is 38.8 Å². The minimum Gasteiger partial charge on any atom is -0.351 e. The first kappa shape index (κ1) is 13.6. The van der Waals surface area contributed by atoms with E-state index in [4.69, 9.17) is 0 Å². The summed E-state index contributed by atoms with van der Waals surface area (Å²) in [6, 6.07) is 8.53. The van der Waals surface area contributed by atoms with Crippen molar-refractivity contribution in [2.45, 2.75) is 52.7 Å². The van der Waals surface area contributed by atoms with Crippen LogP contribution >= 0.6 is 0 Å². The van der Waals surface area contributed by atoms with E-state index in [2.05, 4.69) is 56.5 Å². The van der Waals surface area contributed by atoms with Gasteiger partial charge in [0.05, 0.1) is 6.04 Å². The molecule has 1 aliphatic carbocycles. The van der Waals surface area contributed by atoms with Crippen molar-refractivity contribution in [3.63, 3.8) is 0 Å². The van der Waals surface area contributed by atoms with Crippen molar-refractivity contribution >= 4 is 5.91 Å². The number of carbonyl (C=O) groups excluding carboxylic acids is 1. The fraction of sp³-hybridized carbons (Fsp3) is 0.588. The minimum absolute atomic E-state index is 0.0999. The molecular formula is C17H24N2O. The molecule has 0 bridgehead atoms. The summed E-state index contributed by atoms with van der Waals surface area (Å²) in [5, 5.41) is 6.58. The van der Waals surface area contributed by atoms with Crippen molar-refractivity contribution in [2.24, 2.45) is 10.8 Å². The van der Waals surface area contributed by atoms with Gasteiger partial charge in [0.15, 0.2) is 0 Å². The number of fused-ring (bicyclic) bond motifs is 1. The molecule has 1 saturated carbocycles. The van der Waals surface area contributed by atoms with Gasteiger partial charge in [-0.15, -0.1) is 0 Å². The molecule has 3 heteroatoms. The van der Waals surface area contributed by atoms with Gasteiger partial charge in [0.25, 0.3) is 0 Å². The highest BCUT2D eigenvalue weighted by Crippen LogP contribution is 2.62. The molecule has 1 aromatic rings. The predicted molar refractivity (Wildman–Crippen MR) is 80.3 cm³/mol. The average Bonchev–Trinajstić information content (AvgIpc) is 2.80. The molecule has 2 aliphatic rings. The molecule has 1 amide bonds. The number of hydrogen-bond donors (Lipinski definition) is 2. The van der Waals surface area contributed by atoms with Gasteiger partial charge in [-0.3, -0.25) is 4.79 Å². The van der Waals surface area contributed by atoms with E-state index in [-0.39, 0.29) is 28.8 Å². The van der Waals surface area contributed by atoms with Gasteiger partial charge in [-0.2, -0.15) is 0 Å². The molecule has 1 heterocycles. The van der Waals surface area contributed by atoms with Crippen molar-refractivity contribution in [3.05, 3.63) is 35.4 Å². The number of carbonyl (C=O) groups is 1. The molecule has 108 valence electrons. The molecular weight excluding hydrogens is 248 g/mol. The van der Waals surface area contributed by atoms with E-state index in [1.54, 1.807) is 0 Å². The molecule has 3 rings (SSSR count). The van der Waals surface area contributed by atoms with E-state index in [0.717, 1.165) is 13.0 Å². The lowest BCUT2D eigenvalue weighted by molar-refractivity contribution is -0.123. The smallest absolute Gasteiger partial charge is 0.237 e. The molecule has 0 radical (unpaired) electrons. The van der Waals surface area contributed by atoms with Crippen LogP contribution in [-0.4, -0.2) is 18.0 Å². The maximum atomic E-state index is 12.5. The Bertz CT molecular complexity index is 534. The van der Waals surface area contributed by atoms with Crippen molar-refractivity contribution < 1.29 is 4.79 Å². The molecule has 0 saturated heterocycles. The van der Waals surface area contributed by atoms with Gasteiger partial charge >= 0.3 is 0 Å². The van der Waals surface area contributed by atoms with Gasteiger partial charge in [0, 0.05) is 12.6 Å². The summed E-state index contributed by atoms with van der Waals surface area (Å²) in [5.74, 6) is 0.142. The second-order valence-electron chi connectivity index (χ2n) is 7.29. The van der Waals surface area contributed by atoms with E-state index in [9.17, 15) is 4.79 Å². The Morgan fingerprint density at radius 2 is 1.75 bits per heavy atom. The summed E-state index contributed by atoms with van der Waals surface area (Å²) in [7, 11) is 0. The van der Waals surface area contributed by atoms with E-state index in [0.29, 0.717) is 0 Å². The summed E-state index contributed by atoms with van der Waals surface area (Å²) in [6.07, 6.45) is 0.787. The topological polar surface area (TPSA) is 41.1 Å². The van der Waals surface area contributed by atoms with Crippen LogP contribution in [0.25, 0.3) is 0 Å². The zero-order valence-corrected chi connectivity index (χ0v) is 12.8. The van der Waals surface area contributed by atoms with E-state index in [1.165, 1.54) is 11.1 Å². The number of hydrogen-bond acceptors (Lipinski definition) is 2. The van der Waals surface area contributed by atoms with Crippen LogP contribution < -0.4 is 10.6 Å². The fourth-order valence-electron chi connectivity index (χ4n) is 3.44. The standard InChI is InChI=1S/C17H24N2O/c1-16(2)15(17(16,3)4)19-14(20)13-9-11-7-5-6-8-12(11)10-18-13/h5-8,13,15,18H,9-10H2,1-4H3,(H,19,20)/t13-/m1/s1. The summed E-state index contributed by atoms with van der Waals surface area (Å²) < 4.78 is 0. The second kappa shape index (κ2) is 4.32. The Balaban J connectivity index is 1.66. The van der Waals surface area contributed by atoms with Crippen molar-refractivity contribution in [1.82, 2.24) is 10.6 Å². The van der Waals surface area contributed by atoms with Crippen LogP contribution in [0.3, 0.4) is 0 Å². The quantitative estimate of drug-likeness (QED) is 0.867. The second-order valence-corrected chi connectivity index (χ2v) is 7.29. The van der Waals surface area contributed by atoms with Gasteiger partial charge in [-0.05, 0) is 28.4 Å². The van der Waals surface area contributed by atoms with E-state index in [1.807, 2.05) is 6.07 Å². The normalized spacial score (nSPS) is 26.7. The highest BCUT2D eigenvalue weighted by atomic mass is 16.2. The number of nitrogens with one attached hydrogen (secondary N) is 2. The van der Waals surface area contributed by atoms with E-state index < -0.39 is 0 Å². The molecule has 2 N–H and O–H groups in total. The molecule has 1 aromatic carbocycles. The molecule has 20 heavy (non-hydrogen) atoms. The average molecular weight is 272 g/mol. The maximum Gasteiger partial charge on any atom is 0.237 e. The Hall–Kier alpha value is -1.35. The molecule has 1 atom stereocenters. The fourth-order valence-corrected chi connectivity index (χ4v) is 3.44. The third-order valence-corrected chi connectivity index (χ3v) is 5.71. The first-order valence-corrected chi connectivity index (χ1v) is 7.44. The van der Waals surface area contributed by atoms with Gasteiger partial charge in [0.1, 0.15) is 0 Å². The highest BCUT2D eigenvalue weighted by Gasteiger charge is 2.65. The zero-order chi connectivity index (χ0) is 14.5. The van der Waals surface area contributed by atoms with Gasteiger partial charge in [-0.1, -0.05) is 52.0 Å². The third kappa shape index (κ3) is 1.96. The first-order chi connectivity index (χ1) is 9.34. The predicted octanol–water partition coefficient (Wildman–Crippen LogP) is 2.25. The zero-order valence-electron chi connectivity index (χ0n) is 12.8. The van der Waals surface area contributed by atoms with Crippen LogP contribution in [-0.2, 0) is 17.8 Å². The van der Waals surface area contributed by atoms with E-state index >= 15 is 0 Å². The van der Waals surface area contributed by atoms with Gasteiger partial charge in [-0.25, -0.2) is 0 Å². The Kier molecular flexibility index (Phi) is 2.94.